The molecule has 1 heterocycles. The zero-order chi connectivity index (χ0) is 21.8. The largest absolute Gasteiger partial charge is 0.294 e. The number of halogens is 2. The molecule has 2 aliphatic rings. The monoisotopic (exact) mass is 441 g/mol. The van der Waals surface area contributed by atoms with Crippen molar-refractivity contribution in [3.63, 3.8) is 0 Å². The summed E-state index contributed by atoms with van der Waals surface area (Å²) in [7, 11) is 0. The van der Waals surface area contributed by atoms with Gasteiger partial charge in [0.25, 0.3) is 0 Å². The van der Waals surface area contributed by atoms with Crippen LogP contribution >= 0.6 is 23.2 Å². The van der Waals surface area contributed by atoms with E-state index in [9.17, 15) is 9.59 Å². The third-order valence-electron chi connectivity index (χ3n) is 5.95. The molecule has 2 aromatic carbocycles. The predicted octanol–water partition coefficient (Wildman–Crippen LogP) is 6.77. The lowest BCUT2D eigenvalue weighted by atomic mass is 9.69. The maximum absolute atomic E-state index is 13.4. The van der Waals surface area contributed by atoms with Crippen molar-refractivity contribution >= 4 is 40.6 Å². The van der Waals surface area contributed by atoms with Crippen LogP contribution in [0.5, 0.6) is 0 Å². The van der Waals surface area contributed by atoms with Crippen LogP contribution in [0.1, 0.15) is 55.7 Å². The number of rotatable bonds is 2. The van der Waals surface area contributed by atoms with Gasteiger partial charge in [-0.05, 0) is 66.6 Å². The highest BCUT2D eigenvalue weighted by Gasteiger charge is 2.44. The Labute approximate surface area is 187 Å². The summed E-state index contributed by atoms with van der Waals surface area (Å²) in [6.45, 7) is 8.21. The Morgan fingerprint density at radius 2 is 1.60 bits per heavy atom. The second-order valence-electron chi connectivity index (χ2n) is 9.31. The van der Waals surface area contributed by atoms with Gasteiger partial charge in [0.15, 0.2) is 5.78 Å². The second kappa shape index (κ2) is 7.55. The number of nitrogens with zero attached hydrogens (tertiary/aromatic N) is 1. The lowest BCUT2D eigenvalue weighted by Crippen LogP contribution is -2.43. The number of carbonyl (C=O) groups excluding carboxylic acids is 2. The number of ketones is 1. The molecule has 1 aliphatic heterocycles. The van der Waals surface area contributed by atoms with Gasteiger partial charge in [0.1, 0.15) is 0 Å². The molecular formula is C25H25Cl2NO2. The molecule has 3 nitrogen and oxygen atoms in total. The Kier molecular flexibility index (Phi) is 5.32. The van der Waals surface area contributed by atoms with Crippen LogP contribution in [-0.2, 0) is 9.59 Å². The van der Waals surface area contributed by atoms with E-state index in [0.29, 0.717) is 22.9 Å². The first-order chi connectivity index (χ1) is 14.1. The van der Waals surface area contributed by atoms with Crippen LogP contribution < -0.4 is 4.90 Å². The van der Waals surface area contributed by atoms with Crippen molar-refractivity contribution in [3.8, 4) is 0 Å². The van der Waals surface area contributed by atoms with E-state index in [-0.39, 0.29) is 29.4 Å². The van der Waals surface area contributed by atoms with Crippen LogP contribution in [0.25, 0.3) is 0 Å². The number of anilines is 1. The first kappa shape index (κ1) is 21.1. The number of allylic oxidation sites excluding steroid dienone is 2. The summed E-state index contributed by atoms with van der Waals surface area (Å²) in [6, 6.07) is 11.5. The van der Waals surface area contributed by atoms with Gasteiger partial charge in [-0.1, -0.05) is 49.2 Å². The summed E-state index contributed by atoms with van der Waals surface area (Å²) >= 11 is 12.4. The Bertz CT molecular complexity index is 1080. The van der Waals surface area contributed by atoms with Gasteiger partial charge >= 0.3 is 0 Å². The van der Waals surface area contributed by atoms with Crippen molar-refractivity contribution < 1.29 is 9.59 Å². The van der Waals surface area contributed by atoms with Crippen molar-refractivity contribution in [1.29, 1.82) is 0 Å². The summed E-state index contributed by atoms with van der Waals surface area (Å²) in [6.07, 6.45) is 1.37. The summed E-state index contributed by atoms with van der Waals surface area (Å²) < 4.78 is 0. The molecule has 1 amide bonds. The highest BCUT2D eigenvalue weighted by atomic mass is 35.5. The Balaban J connectivity index is 1.92. The third kappa shape index (κ3) is 3.81. The van der Waals surface area contributed by atoms with E-state index in [1.165, 1.54) is 0 Å². The minimum absolute atomic E-state index is 0.000299. The SMILES string of the molecule is Cc1cc(C)cc(N2C(=O)CC(c3ccc(Cl)c(Cl)c3)C3=C2CC(C)(C)CC3=O)c1. The molecule has 0 fully saturated rings. The smallest absolute Gasteiger partial charge is 0.232 e. The van der Waals surface area contributed by atoms with Crippen LogP contribution in [0.3, 0.4) is 0 Å². The molecule has 1 atom stereocenters. The zero-order valence-electron chi connectivity index (χ0n) is 17.7. The average molecular weight is 442 g/mol. The second-order valence-corrected chi connectivity index (χ2v) is 10.1. The number of benzene rings is 2. The van der Waals surface area contributed by atoms with Crippen LogP contribution in [0.4, 0.5) is 5.69 Å². The molecular weight excluding hydrogens is 417 g/mol. The molecule has 0 spiro atoms. The molecule has 30 heavy (non-hydrogen) atoms. The average Bonchev–Trinajstić information content (AvgIpc) is 2.61. The fourth-order valence-corrected chi connectivity index (χ4v) is 5.12. The standard InChI is InChI=1S/C25H25Cl2NO2/c1-14-7-15(2)9-17(8-14)28-21-12-25(3,4)13-22(29)24(21)18(11-23(28)30)16-5-6-19(26)20(27)10-16/h5-10,18H,11-13H2,1-4H3. The molecule has 2 aromatic rings. The van der Waals surface area contributed by atoms with Gasteiger partial charge in [0.05, 0.1) is 10.0 Å². The van der Waals surface area contributed by atoms with Crippen LogP contribution in [-0.4, -0.2) is 11.7 Å². The quantitative estimate of drug-likeness (QED) is 0.515. The van der Waals surface area contributed by atoms with Crippen molar-refractivity contribution in [2.75, 3.05) is 4.90 Å². The third-order valence-corrected chi connectivity index (χ3v) is 6.69. The van der Waals surface area contributed by atoms with Gasteiger partial charge in [-0.15, -0.1) is 0 Å². The minimum Gasteiger partial charge on any atom is -0.294 e. The van der Waals surface area contributed by atoms with E-state index in [4.69, 9.17) is 23.2 Å². The van der Waals surface area contributed by atoms with E-state index < -0.39 is 0 Å². The lowest BCUT2D eigenvalue weighted by molar-refractivity contribution is -0.121. The first-order valence-electron chi connectivity index (χ1n) is 10.2. The highest BCUT2D eigenvalue weighted by molar-refractivity contribution is 6.42. The Morgan fingerprint density at radius 3 is 2.23 bits per heavy atom. The molecule has 1 aliphatic carbocycles. The lowest BCUT2D eigenvalue weighted by Gasteiger charge is -2.43. The molecule has 0 bridgehead atoms. The topological polar surface area (TPSA) is 37.4 Å². The van der Waals surface area contributed by atoms with Gasteiger partial charge in [0, 0.05) is 35.7 Å². The van der Waals surface area contributed by atoms with E-state index in [1.807, 2.05) is 32.0 Å². The number of hydrogen-bond acceptors (Lipinski definition) is 2. The van der Waals surface area contributed by atoms with Crippen LogP contribution in [0.15, 0.2) is 47.7 Å². The fraction of sp³-hybridized carbons (Fsp3) is 0.360. The molecule has 0 N–H and O–H groups in total. The molecule has 1 unspecified atom stereocenters. The van der Waals surface area contributed by atoms with Crippen molar-refractivity contribution in [3.05, 3.63) is 74.4 Å². The molecule has 5 heteroatoms. The maximum atomic E-state index is 13.4. The molecule has 0 radical (unpaired) electrons. The fourth-order valence-electron chi connectivity index (χ4n) is 4.81. The van der Waals surface area contributed by atoms with E-state index in [0.717, 1.165) is 33.6 Å². The van der Waals surface area contributed by atoms with E-state index >= 15 is 0 Å². The number of carbonyl (C=O) groups is 2. The first-order valence-corrected chi connectivity index (χ1v) is 10.9. The van der Waals surface area contributed by atoms with Crippen molar-refractivity contribution in [2.45, 2.75) is 52.9 Å². The van der Waals surface area contributed by atoms with Gasteiger partial charge in [-0.3, -0.25) is 14.5 Å². The molecule has 156 valence electrons. The predicted molar refractivity (Wildman–Crippen MR) is 122 cm³/mol. The zero-order valence-corrected chi connectivity index (χ0v) is 19.2. The highest BCUT2D eigenvalue weighted by Crippen LogP contribution is 2.48. The van der Waals surface area contributed by atoms with Crippen molar-refractivity contribution in [1.82, 2.24) is 0 Å². The van der Waals surface area contributed by atoms with Gasteiger partial charge < -0.3 is 0 Å². The number of amides is 1. The molecule has 0 aromatic heterocycles. The van der Waals surface area contributed by atoms with E-state index in [1.54, 1.807) is 17.0 Å². The number of hydrogen-bond donors (Lipinski definition) is 0. The van der Waals surface area contributed by atoms with Gasteiger partial charge in [0.2, 0.25) is 5.91 Å². The summed E-state index contributed by atoms with van der Waals surface area (Å²) in [5, 5.41) is 0.897. The van der Waals surface area contributed by atoms with Crippen LogP contribution in [0.2, 0.25) is 10.0 Å². The number of Topliss-reactive ketones (excluding diaryl/α,β-unsaturated/α-hetero) is 1. The minimum atomic E-state index is -0.298. The van der Waals surface area contributed by atoms with E-state index in [2.05, 4.69) is 19.9 Å². The number of aryl methyl sites for hydroxylation is 2. The molecule has 0 saturated carbocycles. The normalized spacial score (nSPS) is 21.1. The summed E-state index contributed by atoms with van der Waals surface area (Å²) in [5.74, 6) is -0.187. The summed E-state index contributed by atoms with van der Waals surface area (Å²) in [5.41, 5.74) is 5.25. The molecule has 0 saturated heterocycles. The van der Waals surface area contributed by atoms with Crippen LogP contribution in [0, 0.1) is 19.3 Å². The van der Waals surface area contributed by atoms with Crippen molar-refractivity contribution in [2.24, 2.45) is 5.41 Å². The maximum Gasteiger partial charge on any atom is 0.232 e. The Morgan fingerprint density at radius 1 is 0.933 bits per heavy atom. The Hall–Kier alpha value is -2.10. The van der Waals surface area contributed by atoms with Gasteiger partial charge in [-0.25, -0.2) is 0 Å². The summed E-state index contributed by atoms with van der Waals surface area (Å²) in [4.78, 5) is 28.6. The molecule has 4 rings (SSSR count). The van der Waals surface area contributed by atoms with Gasteiger partial charge in [-0.2, -0.15) is 0 Å².